The first kappa shape index (κ1) is 12.5. The number of nitrogens with one attached hydrogen (secondary N) is 1. The van der Waals surface area contributed by atoms with E-state index in [-0.39, 0.29) is 5.56 Å². The zero-order valence-electron chi connectivity index (χ0n) is 10.6. The van der Waals surface area contributed by atoms with Gasteiger partial charge in [-0.05, 0) is 18.2 Å². The second-order valence-corrected chi connectivity index (χ2v) is 4.38. The summed E-state index contributed by atoms with van der Waals surface area (Å²) in [6, 6.07) is 10.8. The minimum Gasteiger partial charge on any atom is -0.478 e. The molecule has 0 spiro atoms. The van der Waals surface area contributed by atoms with Gasteiger partial charge in [-0.25, -0.2) is 4.79 Å². The molecular weight excluding hydrogens is 258 g/mol. The van der Waals surface area contributed by atoms with Gasteiger partial charge in [-0.1, -0.05) is 18.2 Å². The first-order valence-corrected chi connectivity index (χ1v) is 6.22. The van der Waals surface area contributed by atoms with Crippen LogP contribution in [-0.2, 0) is 13.1 Å². The molecule has 0 amide bonds. The Kier molecular flexibility index (Phi) is 3.26. The molecule has 5 nitrogen and oxygen atoms in total. The van der Waals surface area contributed by atoms with Crippen LogP contribution in [0.25, 0.3) is 11.0 Å². The number of carboxylic acid groups (broad SMARTS) is 1. The fourth-order valence-electron chi connectivity index (χ4n) is 2.17. The molecule has 0 aliphatic rings. The lowest BCUT2D eigenvalue weighted by Gasteiger charge is -2.01. The molecule has 1 aromatic carbocycles. The van der Waals surface area contributed by atoms with Gasteiger partial charge in [-0.15, -0.1) is 0 Å². The fraction of sp³-hybridized carbons (Fsp3) is 0.133. The van der Waals surface area contributed by atoms with Crippen molar-refractivity contribution in [3.05, 3.63) is 59.7 Å². The summed E-state index contributed by atoms with van der Waals surface area (Å²) in [5.41, 5.74) is 0.798. The van der Waals surface area contributed by atoms with Gasteiger partial charge < -0.3 is 19.3 Å². The number of aromatic carboxylic acids is 1. The zero-order chi connectivity index (χ0) is 13.9. The number of furan rings is 2. The SMILES string of the molecule is O=C(O)c1c(CNCc2ccco2)oc2ccccc12. The molecule has 0 aliphatic carbocycles. The van der Waals surface area contributed by atoms with Crippen LogP contribution in [0.5, 0.6) is 0 Å². The molecule has 3 rings (SSSR count). The highest BCUT2D eigenvalue weighted by Crippen LogP contribution is 2.25. The first-order valence-electron chi connectivity index (χ1n) is 6.22. The molecule has 0 unspecified atom stereocenters. The van der Waals surface area contributed by atoms with Gasteiger partial charge in [0.25, 0.3) is 0 Å². The van der Waals surface area contributed by atoms with Crippen LogP contribution in [0.2, 0.25) is 0 Å². The van der Waals surface area contributed by atoms with Crippen molar-refractivity contribution in [1.82, 2.24) is 5.32 Å². The molecule has 2 aromatic heterocycles. The Balaban J connectivity index is 1.83. The summed E-state index contributed by atoms with van der Waals surface area (Å²) in [5.74, 6) is 0.230. The number of benzene rings is 1. The second kappa shape index (κ2) is 5.22. The van der Waals surface area contributed by atoms with Crippen molar-refractivity contribution in [3.63, 3.8) is 0 Å². The molecule has 0 saturated heterocycles. The van der Waals surface area contributed by atoms with Crippen LogP contribution in [0.4, 0.5) is 0 Å². The van der Waals surface area contributed by atoms with Gasteiger partial charge in [-0.3, -0.25) is 0 Å². The number of fused-ring (bicyclic) bond motifs is 1. The Morgan fingerprint density at radius 1 is 1.15 bits per heavy atom. The fourth-order valence-corrected chi connectivity index (χ4v) is 2.17. The molecule has 0 fully saturated rings. The zero-order valence-corrected chi connectivity index (χ0v) is 10.6. The van der Waals surface area contributed by atoms with Crippen LogP contribution < -0.4 is 5.32 Å². The number of carbonyl (C=O) groups is 1. The summed E-state index contributed by atoms with van der Waals surface area (Å²) in [4.78, 5) is 11.4. The maximum atomic E-state index is 11.4. The number of hydrogen-bond donors (Lipinski definition) is 2. The third-order valence-electron chi connectivity index (χ3n) is 3.05. The average molecular weight is 271 g/mol. The van der Waals surface area contributed by atoms with Crippen LogP contribution >= 0.6 is 0 Å². The van der Waals surface area contributed by atoms with Gasteiger partial charge in [0.2, 0.25) is 0 Å². The van der Waals surface area contributed by atoms with Crippen molar-refractivity contribution in [2.75, 3.05) is 0 Å². The Hall–Kier alpha value is -2.53. The molecular formula is C15H13NO4. The minimum atomic E-state index is -0.982. The third-order valence-corrected chi connectivity index (χ3v) is 3.05. The Labute approximate surface area is 114 Å². The van der Waals surface area contributed by atoms with E-state index in [9.17, 15) is 9.90 Å². The lowest BCUT2D eigenvalue weighted by molar-refractivity contribution is 0.0696. The summed E-state index contributed by atoms with van der Waals surface area (Å²) >= 11 is 0. The molecule has 0 radical (unpaired) electrons. The van der Waals surface area contributed by atoms with Crippen molar-refractivity contribution in [1.29, 1.82) is 0 Å². The lowest BCUT2D eigenvalue weighted by atomic mass is 10.1. The normalized spacial score (nSPS) is 11.0. The number of hydrogen-bond acceptors (Lipinski definition) is 4. The van der Waals surface area contributed by atoms with Crippen LogP contribution in [0.15, 0.2) is 51.5 Å². The van der Waals surface area contributed by atoms with E-state index in [1.807, 2.05) is 12.1 Å². The van der Waals surface area contributed by atoms with E-state index in [4.69, 9.17) is 8.83 Å². The quantitative estimate of drug-likeness (QED) is 0.746. The summed E-state index contributed by atoms with van der Waals surface area (Å²) in [6.07, 6.45) is 1.60. The largest absolute Gasteiger partial charge is 0.478 e. The molecule has 0 aliphatic heterocycles. The topological polar surface area (TPSA) is 75.6 Å². The van der Waals surface area contributed by atoms with Crippen molar-refractivity contribution in [3.8, 4) is 0 Å². The molecule has 0 atom stereocenters. The predicted molar refractivity (Wildman–Crippen MR) is 72.4 cm³/mol. The van der Waals surface area contributed by atoms with Gasteiger partial charge in [0.05, 0.1) is 19.4 Å². The Morgan fingerprint density at radius 3 is 2.75 bits per heavy atom. The van der Waals surface area contributed by atoms with Crippen molar-refractivity contribution in [2.45, 2.75) is 13.1 Å². The monoisotopic (exact) mass is 271 g/mol. The molecule has 5 heteroatoms. The minimum absolute atomic E-state index is 0.215. The highest BCUT2D eigenvalue weighted by atomic mass is 16.4. The lowest BCUT2D eigenvalue weighted by Crippen LogP contribution is -2.14. The van der Waals surface area contributed by atoms with E-state index in [0.29, 0.717) is 29.8 Å². The predicted octanol–water partition coefficient (Wildman–Crippen LogP) is 3.01. The molecule has 2 heterocycles. The number of carboxylic acids is 1. The molecule has 2 N–H and O–H groups in total. The van der Waals surface area contributed by atoms with Crippen molar-refractivity contribution >= 4 is 16.9 Å². The highest BCUT2D eigenvalue weighted by molar-refractivity contribution is 6.03. The van der Waals surface area contributed by atoms with Gasteiger partial charge in [0.15, 0.2) is 0 Å². The second-order valence-electron chi connectivity index (χ2n) is 4.38. The first-order chi connectivity index (χ1) is 9.75. The molecule has 0 bridgehead atoms. The number of rotatable bonds is 5. The van der Waals surface area contributed by atoms with E-state index >= 15 is 0 Å². The molecule has 0 saturated carbocycles. The Morgan fingerprint density at radius 2 is 2.00 bits per heavy atom. The van der Waals surface area contributed by atoms with Crippen LogP contribution in [-0.4, -0.2) is 11.1 Å². The van der Waals surface area contributed by atoms with Gasteiger partial charge in [-0.2, -0.15) is 0 Å². The summed E-state index contributed by atoms with van der Waals surface area (Å²) in [7, 11) is 0. The van der Waals surface area contributed by atoms with Crippen molar-refractivity contribution in [2.24, 2.45) is 0 Å². The highest BCUT2D eigenvalue weighted by Gasteiger charge is 2.19. The number of para-hydroxylation sites is 1. The summed E-state index contributed by atoms with van der Waals surface area (Å²) in [6.45, 7) is 0.847. The van der Waals surface area contributed by atoms with Crippen LogP contribution in [0.3, 0.4) is 0 Å². The van der Waals surface area contributed by atoms with E-state index in [2.05, 4.69) is 5.32 Å². The van der Waals surface area contributed by atoms with Gasteiger partial charge in [0.1, 0.15) is 22.7 Å². The van der Waals surface area contributed by atoms with Gasteiger partial charge in [0, 0.05) is 5.39 Å². The van der Waals surface area contributed by atoms with Gasteiger partial charge >= 0.3 is 5.97 Å². The van der Waals surface area contributed by atoms with Crippen LogP contribution in [0, 0.1) is 0 Å². The molecule has 20 heavy (non-hydrogen) atoms. The van der Waals surface area contributed by atoms with E-state index in [1.54, 1.807) is 30.5 Å². The molecule has 3 aromatic rings. The van der Waals surface area contributed by atoms with E-state index in [1.165, 1.54) is 0 Å². The maximum absolute atomic E-state index is 11.4. The Bertz CT molecular complexity index is 728. The summed E-state index contributed by atoms with van der Waals surface area (Å²) < 4.78 is 10.8. The smallest absolute Gasteiger partial charge is 0.339 e. The van der Waals surface area contributed by atoms with E-state index < -0.39 is 5.97 Å². The standard InChI is InChI=1S/C15H13NO4/c17-15(18)14-11-5-1-2-6-12(11)20-13(14)9-16-8-10-4-3-7-19-10/h1-7,16H,8-9H2,(H,17,18). The average Bonchev–Trinajstić information content (AvgIpc) is 3.05. The molecule has 102 valence electrons. The van der Waals surface area contributed by atoms with Crippen LogP contribution in [0.1, 0.15) is 21.9 Å². The third kappa shape index (κ3) is 2.31. The summed E-state index contributed by atoms with van der Waals surface area (Å²) in [5, 5.41) is 13.1. The van der Waals surface area contributed by atoms with Crippen molar-refractivity contribution < 1.29 is 18.7 Å². The maximum Gasteiger partial charge on any atom is 0.339 e. The van der Waals surface area contributed by atoms with E-state index in [0.717, 1.165) is 5.76 Å².